The van der Waals surface area contributed by atoms with Crippen molar-refractivity contribution < 1.29 is 14.3 Å². The molecular formula is C22H26N2O3S. The molecule has 2 N–H and O–H groups in total. The zero-order chi connectivity index (χ0) is 20.3. The number of amides is 1. The van der Waals surface area contributed by atoms with Crippen molar-refractivity contribution >= 4 is 29.0 Å². The highest BCUT2D eigenvalue weighted by atomic mass is 32.1. The van der Waals surface area contributed by atoms with Crippen LogP contribution in [-0.2, 0) is 11.2 Å². The second kappa shape index (κ2) is 8.19. The third-order valence-corrected chi connectivity index (χ3v) is 4.76. The van der Waals surface area contributed by atoms with E-state index in [0.29, 0.717) is 11.4 Å². The predicted molar refractivity (Wildman–Crippen MR) is 115 cm³/mol. The molecule has 1 aliphatic heterocycles. The Labute approximate surface area is 171 Å². The largest absolute Gasteiger partial charge is 0.481 e. The van der Waals surface area contributed by atoms with Crippen LogP contribution in [0, 0.1) is 0 Å². The van der Waals surface area contributed by atoms with Gasteiger partial charge in [-0.3, -0.25) is 0 Å². The summed E-state index contributed by atoms with van der Waals surface area (Å²) in [6, 6.07) is 15.5. The molecule has 0 spiro atoms. The third kappa shape index (κ3) is 5.01. The lowest BCUT2D eigenvalue weighted by atomic mass is 9.96. The van der Waals surface area contributed by atoms with Gasteiger partial charge in [-0.2, -0.15) is 0 Å². The maximum absolute atomic E-state index is 12.5. The van der Waals surface area contributed by atoms with E-state index in [9.17, 15) is 4.79 Å². The Morgan fingerprint density at radius 2 is 1.93 bits per heavy atom. The Balaban J connectivity index is 1.94. The van der Waals surface area contributed by atoms with Crippen molar-refractivity contribution in [1.82, 2.24) is 5.32 Å². The molecular weight excluding hydrogens is 372 g/mol. The topological polar surface area (TPSA) is 59.6 Å². The summed E-state index contributed by atoms with van der Waals surface area (Å²) in [6.07, 6.45) is -0.0385. The molecule has 148 valence electrons. The summed E-state index contributed by atoms with van der Waals surface area (Å²) in [5, 5.41) is 6.29. The first kappa shape index (κ1) is 20.1. The summed E-state index contributed by atoms with van der Waals surface area (Å²) in [5.74, 6) is 0.725. The van der Waals surface area contributed by atoms with E-state index in [4.69, 9.17) is 21.7 Å². The number of carbonyl (C=O) groups excluding carboxylic acids is 1. The van der Waals surface area contributed by atoms with Gasteiger partial charge in [0, 0.05) is 5.56 Å². The van der Waals surface area contributed by atoms with Crippen molar-refractivity contribution in [3.8, 4) is 5.75 Å². The lowest BCUT2D eigenvalue weighted by molar-refractivity contribution is 0.0503. The van der Waals surface area contributed by atoms with Crippen molar-refractivity contribution in [3.63, 3.8) is 0 Å². The lowest BCUT2D eigenvalue weighted by Gasteiger charge is -2.30. The molecule has 0 bridgehead atoms. The van der Waals surface area contributed by atoms with Gasteiger partial charge in [-0.25, -0.2) is 4.79 Å². The zero-order valence-corrected chi connectivity index (χ0v) is 17.4. The number of nitrogens with one attached hydrogen (secondary N) is 2. The molecule has 0 saturated carbocycles. The molecule has 2 aromatic rings. The van der Waals surface area contributed by atoms with Crippen LogP contribution in [0.2, 0.25) is 0 Å². The Hall–Kier alpha value is -2.60. The molecule has 0 aliphatic carbocycles. The third-order valence-electron chi connectivity index (χ3n) is 4.33. The van der Waals surface area contributed by atoms with Gasteiger partial charge in [-0.05, 0) is 45.7 Å². The smallest absolute Gasteiger partial charge is 0.408 e. The van der Waals surface area contributed by atoms with Crippen LogP contribution in [-0.4, -0.2) is 22.8 Å². The minimum absolute atomic E-state index is 0.191. The van der Waals surface area contributed by atoms with Crippen LogP contribution in [0.15, 0.2) is 48.5 Å². The van der Waals surface area contributed by atoms with E-state index < -0.39 is 11.7 Å². The Kier molecular flexibility index (Phi) is 5.89. The van der Waals surface area contributed by atoms with Gasteiger partial charge >= 0.3 is 6.09 Å². The molecule has 2 unspecified atom stereocenters. The molecule has 1 aliphatic rings. The quantitative estimate of drug-likeness (QED) is 0.709. The maximum atomic E-state index is 12.5. The highest BCUT2D eigenvalue weighted by Gasteiger charge is 2.28. The van der Waals surface area contributed by atoms with Gasteiger partial charge < -0.3 is 20.1 Å². The van der Waals surface area contributed by atoms with E-state index in [1.54, 1.807) is 0 Å². The van der Waals surface area contributed by atoms with Gasteiger partial charge in [0.1, 0.15) is 22.4 Å². The van der Waals surface area contributed by atoms with Crippen molar-refractivity contribution in [2.45, 2.75) is 51.9 Å². The van der Waals surface area contributed by atoms with Gasteiger partial charge in [0.25, 0.3) is 0 Å². The van der Waals surface area contributed by atoms with Crippen LogP contribution in [0.1, 0.15) is 44.9 Å². The van der Waals surface area contributed by atoms with E-state index in [1.165, 1.54) is 0 Å². The Morgan fingerprint density at radius 3 is 2.61 bits per heavy atom. The first-order valence-electron chi connectivity index (χ1n) is 9.37. The van der Waals surface area contributed by atoms with E-state index in [0.717, 1.165) is 22.6 Å². The summed E-state index contributed by atoms with van der Waals surface area (Å²) in [6.45, 7) is 7.44. The second-order valence-corrected chi connectivity index (χ2v) is 8.30. The monoisotopic (exact) mass is 398 g/mol. The fourth-order valence-electron chi connectivity index (χ4n) is 3.08. The number of fused-ring (bicyclic) bond motifs is 1. The predicted octanol–water partition coefficient (Wildman–Crippen LogP) is 5.02. The van der Waals surface area contributed by atoms with Gasteiger partial charge in [0.2, 0.25) is 0 Å². The maximum Gasteiger partial charge on any atom is 0.408 e. The Bertz CT molecular complexity index is 862. The fraction of sp³-hybridized carbons (Fsp3) is 0.364. The molecule has 3 rings (SSSR count). The molecule has 2 atom stereocenters. The number of thiocarbonyl (C=S) groups is 1. The minimum atomic E-state index is -0.574. The van der Waals surface area contributed by atoms with Gasteiger partial charge in [0.05, 0.1) is 11.7 Å². The number of alkyl carbamates (subject to hydrolysis) is 1. The number of hydrogen-bond acceptors (Lipinski definition) is 4. The van der Waals surface area contributed by atoms with Crippen molar-refractivity contribution in [2.24, 2.45) is 0 Å². The minimum Gasteiger partial charge on any atom is -0.481 e. The summed E-state index contributed by atoms with van der Waals surface area (Å²) in [4.78, 5) is 13.1. The molecule has 28 heavy (non-hydrogen) atoms. The van der Waals surface area contributed by atoms with E-state index in [1.807, 2.05) is 76.2 Å². The van der Waals surface area contributed by atoms with Crippen LogP contribution in [0.4, 0.5) is 10.5 Å². The second-order valence-electron chi connectivity index (χ2n) is 7.86. The number of rotatable bonds is 4. The molecule has 0 aromatic heterocycles. The average Bonchev–Trinajstić information content (AvgIpc) is 2.61. The summed E-state index contributed by atoms with van der Waals surface area (Å²) < 4.78 is 11.4. The van der Waals surface area contributed by atoms with Crippen LogP contribution in [0.25, 0.3) is 0 Å². The van der Waals surface area contributed by atoms with Crippen LogP contribution >= 0.6 is 12.2 Å². The highest BCUT2D eigenvalue weighted by Crippen LogP contribution is 2.37. The Morgan fingerprint density at radius 1 is 1.21 bits per heavy atom. The molecule has 0 radical (unpaired) electrons. The molecule has 5 nitrogen and oxygen atoms in total. The molecule has 2 aromatic carbocycles. The number of ether oxygens (including phenoxy) is 2. The van der Waals surface area contributed by atoms with Gasteiger partial charge in [0.15, 0.2) is 0 Å². The average molecular weight is 399 g/mol. The normalized spacial score (nSPS) is 17.0. The summed E-state index contributed by atoms with van der Waals surface area (Å²) >= 11 is 5.39. The summed E-state index contributed by atoms with van der Waals surface area (Å²) in [5.41, 5.74) is 2.23. The summed E-state index contributed by atoms with van der Waals surface area (Å²) in [7, 11) is 0. The highest BCUT2D eigenvalue weighted by molar-refractivity contribution is 7.80. The van der Waals surface area contributed by atoms with Crippen molar-refractivity contribution in [2.75, 3.05) is 5.32 Å². The number of carbonyl (C=O) groups is 1. The molecule has 0 fully saturated rings. The van der Waals surface area contributed by atoms with Gasteiger partial charge in [-0.15, -0.1) is 0 Å². The first-order chi connectivity index (χ1) is 13.2. The van der Waals surface area contributed by atoms with E-state index in [2.05, 4.69) is 10.6 Å². The standard InChI is InChI=1S/C22H26N2O3S/c1-14-20(28)24-19-16(11-8-12-18(19)26-14)17(13-15-9-6-5-7-10-15)23-21(25)27-22(2,3)4/h5-12,14,17H,13H2,1-4H3,(H,23,25)(H,24,28). The number of anilines is 1. The van der Waals surface area contributed by atoms with Crippen LogP contribution in [0.3, 0.4) is 0 Å². The number of hydrogen-bond donors (Lipinski definition) is 2. The number of para-hydroxylation sites is 1. The SMILES string of the molecule is CC1Oc2cccc(C(Cc3ccccc3)NC(=O)OC(C)(C)C)c2NC1=S. The van der Waals surface area contributed by atoms with Crippen LogP contribution < -0.4 is 15.4 Å². The molecule has 1 heterocycles. The molecule has 1 amide bonds. The van der Waals surface area contributed by atoms with Gasteiger partial charge in [-0.1, -0.05) is 54.7 Å². The van der Waals surface area contributed by atoms with Crippen molar-refractivity contribution in [3.05, 3.63) is 59.7 Å². The zero-order valence-electron chi connectivity index (χ0n) is 16.6. The fourth-order valence-corrected chi connectivity index (χ4v) is 3.23. The van der Waals surface area contributed by atoms with E-state index in [-0.39, 0.29) is 12.1 Å². The lowest BCUT2D eigenvalue weighted by Crippen LogP contribution is -2.37. The molecule has 0 saturated heterocycles. The van der Waals surface area contributed by atoms with Crippen molar-refractivity contribution in [1.29, 1.82) is 0 Å². The van der Waals surface area contributed by atoms with Crippen LogP contribution in [0.5, 0.6) is 5.75 Å². The molecule has 6 heteroatoms. The number of benzene rings is 2. The van der Waals surface area contributed by atoms with E-state index >= 15 is 0 Å². The first-order valence-corrected chi connectivity index (χ1v) is 9.77.